The second kappa shape index (κ2) is 8.77. The van der Waals surface area contributed by atoms with Crippen LogP contribution < -0.4 is 16.4 Å². The summed E-state index contributed by atoms with van der Waals surface area (Å²) >= 11 is 0. The molecule has 0 bridgehead atoms. The van der Waals surface area contributed by atoms with Gasteiger partial charge in [-0.1, -0.05) is 32.9 Å². The molecule has 1 heterocycles. The van der Waals surface area contributed by atoms with Crippen LogP contribution >= 0.6 is 0 Å². The number of fused-ring (bicyclic) bond motifs is 1. The molecule has 0 spiro atoms. The number of amides is 2. The second-order valence-corrected chi connectivity index (χ2v) is 6.82. The first-order valence-corrected chi connectivity index (χ1v) is 9.00. The molecule has 0 aliphatic rings. The molecule has 0 radical (unpaired) electrons. The molecule has 1 aromatic carbocycles. The van der Waals surface area contributed by atoms with Crippen molar-refractivity contribution in [2.24, 2.45) is 11.7 Å². The number of hydrogen-bond acceptors (Lipinski definition) is 6. The Hall–Kier alpha value is -2.74. The smallest absolute Gasteiger partial charge is 0.266 e. The summed E-state index contributed by atoms with van der Waals surface area (Å²) in [4.78, 5) is 41.2. The first-order chi connectivity index (χ1) is 12.7. The summed E-state index contributed by atoms with van der Waals surface area (Å²) in [7, 11) is 0. The van der Waals surface area contributed by atoms with Crippen molar-refractivity contribution in [1.82, 2.24) is 15.6 Å². The van der Waals surface area contributed by atoms with E-state index in [1.165, 1.54) is 6.92 Å². The average Bonchev–Trinajstić information content (AvgIpc) is 3.08. The van der Waals surface area contributed by atoms with Gasteiger partial charge in [-0.25, -0.2) is 4.98 Å². The summed E-state index contributed by atoms with van der Waals surface area (Å²) in [5.74, 6) is -1.41. The number of nitrogens with one attached hydrogen (secondary N) is 2. The van der Waals surface area contributed by atoms with Crippen molar-refractivity contribution >= 4 is 28.7 Å². The minimum atomic E-state index is -0.826. The highest BCUT2D eigenvalue weighted by atomic mass is 16.4. The molecule has 2 rings (SSSR count). The second-order valence-electron chi connectivity index (χ2n) is 6.82. The lowest BCUT2D eigenvalue weighted by molar-refractivity contribution is -0.129. The Morgan fingerprint density at radius 3 is 2.37 bits per heavy atom. The molecule has 0 saturated heterocycles. The standard InChI is InChI=1S/C19H26N4O4/c1-5-12(16(24)19-23-13-8-6-7-9-14(13)27-19)22-17(25)11(4)21-18(26)15(20)10(2)3/h6-12,15H,5,20H2,1-4H3,(H,21,26)(H,22,25)/t11-,12+,15+/m0/s1. The van der Waals surface area contributed by atoms with E-state index in [1.54, 1.807) is 31.2 Å². The van der Waals surface area contributed by atoms with Gasteiger partial charge in [-0.05, 0) is 31.4 Å². The Bertz CT molecular complexity index is 797. The SMILES string of the molecule is CC[C@@H](NC(=O)[C@H](C)NC(=O)[C@H](N)C(C)C)C(=O)c1nc2ccccc2o1. The highest BCUT2D eigenvalue weighted by molar-refractivity contribution is 6.00. The number of carbonyl (C=O) groups excluding carboxylic acids is 3. The van der Waals surface area contributed by atoms with Gasteiger partial charge in [0.15, 0.2) is 5.58 Å². The molecule has 8 nitrogen and oxygen atoms in total. The Balaban J connectivity index is 2.03. The molecule has 2 aromatic rings. The van der Waals surface area contributed by atoms with Gasteiger partial charge >= 0.3 is 0 Å². The zero-order valence-electron chi connectivity index (χ0n) is 16.0. The molecule has 0 saturated carbocycles. The van der Waals surface area contributed by atoms with E-state index in [0.29, 0.717) is 17.5 Å². The Morgan fingerprint density at radius 2 is 1.78 bits per heavy atom. The zero-order valence-corrected chi connectivity index (χ0v) is 16.0. The number of ketones is 1. The Morgan fingerprint density at radius 1 is 1.11 bits per heavy atom. The van der Waals surface area contributed by atoms with Crippen LogP contribution in [-0.2, 0) is 9.59 Å². The number of aromatic nitrogens is 1. The number of Topliss-reactive ketones (excluding diaryl/α,β-unsaturated/α-hetero) is 1. The number of carbonyl (C=O) groups is 3. The van der Waals surface area contributed by atoms with E-state index in [9.17, 15) is 14.4 Å². The van der Waals surface area contributed by atoms with Crippen molar-refractivity contribution in [3.63, 3.8) is 0 Å². The van der Waals surface area contributed by atoms with Crippen molar-refractivity contribution in [2.75, 3.05) is 0 Å². The number of nitrogens with two attached hydrogens (primary N) is 1. The third-order valence-electron chi connectivity index (χ3n) is 4.32. The zero-order chi connectivity index (χ0) is 20.1. The third-order valence-corrected chi connectivity index (χ3v) is 4.32. The average molecular weight is 374 g/mol. The first kappa shape index (κ1) is 20.6. The number of benzene rings is 1. The van der Waals surface area contributed by atoms with Crippen molar-refractivity contribution in [2.45, 2.75) is 52.2 Å². The van der Waals surface area contributed by atoms with Crippen molar-refractivity contribution < 1.29 is 18.8 Å². The van der Waals surface area contributed by atoms with Crippen LogP contribution in [0.2, 0.25) is 0 Å². The number of hydrogen-bond donors (Lipinski definition) is 3. The van der Waals surface area contributed by atoms with Gasteiger partial charge in [0.25, 0.3) is 5.89 Å². The first-order valence-electron chi connectivity index (χ1n) is 9.00. The monoisotopic (exact) mass is 374 g/mol. The van der Waals surface area contributed by atoms with Crippen LogP contribution in [0.25, 0.3) is 11.1 Å². The van der Waals surface area contributed by atoms with Crippen molar-refractivity contribution in [3.8, 4) is 0 Å². The predicted molar refractivity (Wildman–Crippen MR) is 101 cm³/mol. The minimum Gasteiger partial charge on any atom is -0.434 e. The van der Waals surface area contributed by atoms with E-state index < -0.39 is 35.7 Å². The molecule has 27 heavy (non-hydrogen) atoms. The topological polar surface area (TPSA) is 127 Å². The molecule has 8 heteroatoms. The largest absolute Gasteiger partial charge is 0.434 e. The van der Waals surface area contributed by atoms with E-state index in [1.807, 2.05) is 13.8 Å². The lowest BCUT2D eigenvalue weighted by atomic mass is 10.0. The highest BCUT2D eigenvalue weighted by Crippen LogP contribution is 2.16. The normalized spacial score (nSPS) is 14.6. The van der Waals surface area contributed by atoms with Crippen molar-refractivity contribution in [1.29, 1.82) is 0 Å². The Kier molecular flexibility index (Phi) is 6.68. The summed E-state index contributed by atoms with van der Waals surface area (Å²) in [6, 6.07) is 4.70. The van der Waals surface area contributed by atoms with Gasteiger partial charge < -0.3 is 20.8 Å². The van der Waals surface area contributed by atoms with Gasteiger partial charge in [0.05, 0.1) is 12.1 Å². The van der Waals surface area contributed by atoms with Gasteiger partial charge in [-0.15, -0.1) is 0 Å². The van der Waals surface area contributed by atoms with Crippen LogP contribution in [-0.4, -0.2) is 40.7 Å². The molecule has 1 aromatic heterocycles. The van der Waals surface area contributed by atoms with E-state index in [4.69, 9.17) is 10.2 Å². The third kappa shape index (κ3) is 4.91. The van der Waals surface area contributed by atoms with Crippen LogP contribution in [0.5, 0.6) is 0 Å². The molecule has 0 aliphatic heterocycles. The lowest BCUT2D eigenvalue weighted by Crippen LogP contribution is -2.54. The number of oxazole rings is 1. The molecule has 146 valence electrons. The number of nitrogens with zero attached hydrogens (tertiary/aromatic N) is 1. The Labute approximate surface area is 157 Å². The molecule has 0 fully saturated rings. The summed E-state index contributed by atoms with van der Waals surface area (Å²) < 4.78 is 5.48. The van der Waals surface area contributed by atoms with E-state index >= 15 is 0 Å². The van der Waals surface area contributed by atoms with Crippen LogP contribution in [0.1, 0.15) is 44.8 Å². The van der Waals surface area contributed by atoms with E-state index in [-0.39, 0.29) is 11.8 Å². The summed E-state index contributed by atoms with van der Waals surface area (Å²) in [6.07, 6.45) is 0.357. The van der Waals surface area contributed by atoms with Gasteiger partial charge in [0.2, 0.25) is 17.6 Å². The number of para-hydroxylation sites is 2. The van der Waals surface area contributed by atoms with Crippen molar-refractivity contribution in [3.05, 3.63) is 30.2 Å². The van der Waals surface area contributed by atoms with Crippen LogP contribution in [0.4, 0.5) is 0 Å². The predicted octanol–water partition coefficient (Wildman–Crippen LogP) is 1.39. The fraction of sp³-hybridized carbons (Fsp3) is 0.474. The van der Waals surface area contributed by atoms with Gasteiger partial charge in [-0.2, -0.15) is 0 Å². The molecule has 2 amide bonds. The summed E-state index contributed by atoms with van der Waals surface area (Å²) in [6.45, 7) is 6.95. The molecular formula is C19H26N4O4. The van der Waals surface area contributed by atoms with Gasteiger partial charge in [0.1, 0.15) is 11.6 Å². The molecule has 0 aliphatic carbocycles. The van der Waals surface area contributed by atoms with E-state index in [2.05, 4.69) is 15.6 Å². The fourth-order valence-electron chi connectivity index (χ4n) is 2.45. The summed E-state index contributed by atoms with van der Waals surface area (Å²) in [5, 5.41) is 5.20. The molecule has 0 unspecified atom stereocenters. The van der Waals surface area contributed by atoms with Crippen LogP contribution in [0.15, 0.2) is 28.7 Å². The maximum absolute atomic E-state index is 12.6. The van der Waals surface area contributed by atoms with Gasteiger partial charge in [-0.3, -0.25) is 14.4 Å². The maximum Gasteiger partial charge on any atom is 0.266 e. The highest BCUT2D eigenvalue weighted by Gasteiger charge is 2.28. The molecular weight excluding hydrogens is 348 g/mol. The summed E-state index contributed by atoms with van der Waals surface area (Å²) in [5.41, 5.74) is 6.86. The molecule has 4 N–H and O–H groups in total. The maximum atomic E-state index is 12.6. The lowest BCUT2D eigenvalue weighted by Gasteiger charge is -2.21. The van der Waals surface area contributed by atoms with Crippen LogP contribution in [0, 0.1) is 5.92 Å². The minimum absolute atomic E-state index is 0.0515. The quantitative estimate of drug-likeness (QED) is 0.599. The molecule has 3 atom stereocenters. The van der Waals surface area contributed by atoms with Gasteiger partial charge in [0, 0.05) is 0 Å². The van der Waals surface area contributed by atoms with E-state index in [0.717, 1.165) is 0 Å². The fourth-order valence-corrected chi connectivity index (χ4v) is 2.45. The number of rotatable bonds is 8. The van der Waals surface area contributed by atoms with Crippen LogP contribution in [0.3, 0.4) is 0 Å².